The van der Waals surface area contributed by atoms with Gasteiger partial charge in [-0.3, -0.25) is 0 Å². The molecule has 1 radical (unpaired) electrons. The van der Waals surface area contributed by atoms with E-state index in [4.69, 9.17) is 5.73 Å². The molecule has 2 aromatic rings. The van der Waals surface area contributed by atoms with Gasteiger partial charge in [0.1, 0.15) is 0 Å². The van der Waals surface area contributed by atoms with E-state index in [2.05, 4.69) is 31.2 Å². The Bertz CT molecular complexity index is 462. The molecule has 0 saturated carbocycles. The van der Waals surface area contributed by atoms with Gasteiger partial charge in [0.15, 0.2) is 0 Å². The highest BCUT2D eigenvalue weighted by molar-refractivity contribution is 5.26. The topological polar surface area (TPSA) is 26.0 Å². The lowest BCUT2D eigenvalue weighted by Gasteiger charge is -2.12. The quantitative estimate of drug-likeness (QED) is 0.846. The zero-order chi connectivity index (χ0) is 12.1. The molecule has 0 heterocycles. The Balaban J connectivity index is 1.97. The van der Waals surface area contributed by atoms with Gasteiger partial charge < -0.3 is 5.73 Å². The van der Waals surface area contributed by atoms with Crippen LogP contribution in [-0.2, 0) is 6.42 Å². The summed E-state index contributed by atoms with van der Waals surface area (Å²) in [5, 5.41) is 0. The molecule has 0 spiro atoms. The van der Waals surface area contributed by atoms with E-state index >= 15 is 0 Å². The number of hydrogen-bond donors (Lipinski definition) is 1. The van der Waals surface area contributed by atoms with Gasteiger partial charge in [0.2, 0.25) is 0 Å². The molecule has 17 heavy (non-hydrogen) atoms. The highest BCUT2D eigenvalue weighted by Crippen LogP contribution is 2.17. The van der Waals surface area contributed by atoms with E-state index in [0.717, 1.165) is 12.8 Å². The molecule has 2 N–H and O–H groups in total. The fraction of sp³-hybridized carbons (Fsp3) is 0.250. The molecule has 1 heteroatoms. The third kappa shape index (κ3) is 3.18. The predicted molar refractivity (Wildman–Crippen MR) is 71.7 cm³/mol. The van der Waals surface area contributed by atoms with Gasteiger partial charge in [0.05, 0.1) is 0 Å². The molecule has 1 nitrogen and oxygen atoms in total. The van der Waals surface area contributed by atoms with Crippen LogP contribution in [0.5, 0.6) is 0 Å². The van der Waals surface area contributed by atoms with Gasteiger partial charge in [-0.05, 0) is 42.5 Å². The average molecular weight is 224 g/mol. The Morgan fingerprint density at radius 3 is 2.65 bits per heavy atom. The van der Waals surface area contributed by atoms with Gasteiger partial charge in [-0.1, -0.05) is 48.5 Å². The van der Waals surface area contributed by atoms with Crippen molar-refractivity contribution in [2.45, 2.75) is 25.8 Å². The second-order valence-corrected chi connectivity index (χ2v) is 4.41. The monoisotopic (exact) mass is 224 g/mol. The molecule has 0 unspecified atom stereocenters. The Kier molecular flexibility index (Phi) is 3.94. The minimum absolute atomic E-state index is 0.125. The first-order chi connectivity index (χ1) is 8.27. The summed E-state index contributed by atoms with van der Waals surface area (Å²) >= 11 is 0. The third-order valence-electron chi connectivity index (χ3n) is 3.14. The zero-order valence-electron chi connectivity index (χ0n) is 10.2. The third-order valence-corrected chi connectivity index (χ3v) is 3.14. The van der Waals surface area contributed by atoms with Gasteiger partial charge in [0, 0.05) is 6.04 Å². The lowest BCUT2D eigenvalue weighted by Crippen LogP contribution is -2.11. The zero-order valence-corrected chi connectivity index (χ0v) is 10.2. The summed E-state index contributed by atoms with van der Waals surface area (Å²) in [6.45, 7) is 2.12. The summed E-state index contributed by atoms with van der Waals surface area (Å²) < 4.78 is 0. The lowest BCUT2D eigenvalue weighted by molar-refractivity contribution is 0.650. The first-order valence-electron chi connectivity index (χ1n) is 6.03. The summed E-state index contributed by atoms with van der Waals surface area (Å²) in [5.41, 5.74) is 10.1. The molecule has 0 aromatic heterocycles. The van der Waals surface area contributed by atoms with Crippen LogP contribution in [0.25, 0.3) is 0 Å². The summed E-state index contributed by atoms with van der Waals surface area (Å²) in [5.74, 6) is 0. The molecule has 0 aliphatic heterocycles. The Hall–Kier alpha value is -1.60. The maximum Gasteiger partial charge on any atom is 0.0298 e. The van der Waals surface area contributed by atoms with E-state index in [-0.39, 0.29) is 6.04 Å². The maximum absolute atomic E-state index is 6.19. The van der Waals surface area contributed by atoms with E-state index in [1.165, 1.54) is 16.7 Å². The average Bonchev–Trinajstić information content (AvgIpc) is 2.38. The van der Waals surface area contributed by atoms with Gasteiger partial charge in [0.25, 0.3) is 0 Å². The van der Waals surface area contributed by atoms with Gasteiger partial charge in [-0.15, -0.1) is 0 Å². The van der Waals surface area contributed by atoms with Gasteiger partial charge in [-0.25, -0.2) is 0 Å². The molecule has 0 saturated heterocycles. The van der Waals surface area contributed by atoms with E-state index in [1.807, 2.05) is 30.3 Å². The number of hydrogen-bond acceptors (Lipinski definition) is 1. The normalized spacial score (nSPS) is 12.4. The minimum Gasteiger partial charge on any atom is -0.324 e. The second kappa shape index (κ2) is 5.65. The second-order valence-electron chi connectivity index (χ2n) is 4.41. The molecule has 1 atom stereocenters. The molecule has 87 valence electrons. The molecule has 2 rings (SSSR count). The van der Waals surface area contributed by atoms with E-state index in [1.54, 1.807) is 0 Å². The fourth-order valence-corrected chi connectivity index (χ4v) is 2.00. The van der Waals surface area contributed by atoms with Crippen LogP contribution < -0.4 is 5.73 Å². The maximum atomic E-state index is 6.19. The van der Waals surface area contributed by atoms with Crippen LogP contribution in [0.2, 0.25) is 0 Å². The fourth-order valence-electron chi connectivity index (χ4n) is 2.00. The Morgan fingerprint density at radius 2 is 1.94 bits per heavy atom. The Morgan fingerprint density at radius 1 is 1.18 bits per heavy atom. The SMILES string of the molecule is Cc1c[c]ccc1CC[C@H](N)c1ccccc1. The van der Waals surface area contributed by atoms with Crippen molar-refractivity contribution in [3.05, 3.63) is 71.3 Å². The molecule has 0 amide bonds. The largest absolute Gasteiger partial charge is 0.324 e. The predicted octanol–water partition coefficient (Wildman–Crippen LogP) is 3.43. The van der Waals surface area contributed by atoms with Crippen molar-refractivity contribution in [3.63, 3.8) is 0 Å². The van der Waals surface area contributed by atoms with Crippen molar-refractivity contribution in [2.75, 3.05) is 0 Å². The number of benzene rings is 2. The van der Waals surface area contributed by atoms with Crippen molar-refractivity contribution < 1.29 is 0 Å². The number of aryl methyl sites for hydroxylation is 2. The van der Waals surface area contributed by atoms with Crippen LogP contribution in [0, 0.1) is 13.0 Å². The smallest absolute Gasteiger partial charge is 0.0298 e. The van der Waals surface area contributed by atoms with Crippen LogP contribution in [0.4, 0.5) is 0 Å². The van der Waals surface area contributed by atoms with Crippen molar-refractivity contribution in [2.24, 2.45) is 5.73 Å². The first kappa shape index (κ1) is 11.9. The molecule has 0 aliphatic carbocycles. The summed E-state index contributed by atoms with van der Waals surface area (Å²) in [7, 11) is 0. The molecule has 2 aromatic carbocycles. The van der Waals surface area contributed by atoms with Gasteiger partial charge >= 0.3 is 0 Å². The molecule has 0 fully saturated rings. The summed E-state index contributed by atoms with van der Waals surface area (Å²) in [6.07, 6.45) is 2.01. The summed E-state index contributed by atoms with van der Waals surface area (Å²) in [6, 6.07) is 19.6. The van der Waals surface area contributed by atoms with Crippen molar-refractivity contribution >= 4 is 0 Å². The van der Waals surface area contributed by atoms with Crippen LogP contribution in [0.3, 0.4) is 0 Å². The molecular weight excluding hydrogens is 206 g/mol. The highest BCUT2D eigenvalue weighted by atomic mass is 14.6. The van der Waals surface area contributed by atoms with Crippen molar-refractivity contribution in [3.8, 4) is 0 Å². The minimum atomic E-state index is 0.125. The van der Waals surface area contributed by atoms with Crippen molar-refractivity contribution in [1.82, 2.24) is 0 Å². The summed E-state index contributed by atoms with van der Waals surface area (Å²) in [4.78, 5) is 0. The van der Waals surface area contributed by atoms with Crippen LogP contribution in [0.1, 0.15) is 29.2 Å². The highest BCUT2D eigenvalue weighted by Gasteiger charge is 2.06. The first-order valence-corrected chi connectivity index (χ1v) is 6.03. The van der Waals surface area contributed by atoms with E-state index < -0.39 is 0 Å². The lowest BCUT2D eigenvalue weighted by atomic mass is 9.97. The number of nitrogens with two attached hydrogens (primary N) is 1. The molecular formula is C16H18N. The van der Waals surface area contributed by atoms with Crippen LogP contribution in [-0.4, -0.2) is 0 Å². The number of rotatable bonds is 4. The van der Waals surface area contributed by atoms with Crippen LogP contribution in [0.15, 0.2) is 48.5 Å². The van der Waals surface area contributed by atoms with Crippen molar-refractivity contribution in [1.29, 1.82) is 0 Å². The van der Waals surface area contributed by atoms with E-state index in [9.17, 15) is 0 Å². The Labute approximate surface area is 103 Å². The van der Waals surface area contributed by atoms with E-state index in [0.29, 0.717) is 0 Å². The van der Waals surface area contributed by atoms with Crippen LogP contribution >= 0.6 is 0 Å². The van der Waals surface area contributed by atoms with Gasteiger partial charge in [-0.2, -0.15) is 0 Å². The molecule has 0 bridgehead atoms. The standard InChI is InChI=1S/C16H18N/c1-13-7-5-6-8-14(13)11-12-16(17)15-9-3-2-4-10-15/h2-4,6-10,16H,11-12,17H2,1H3/t16-/m0/s1. The molecule has 0 aliphatic rings.